The van der Waals surface area contributed by atoms with Crippen LogP contribution in [0.3, 0.4) is 0 Å². The third-order valence-electron chi connectivity index (χ3n) is 3.51. The van der Waals surface area contributed by atoms with E-state index in [0.29, 0.717) is 16.0 Å². The Morgan fingerprint density at radius 1 is 1.38 bits per heavy atom. The Morgan fingerprint density at radius 3 is 2.76 bits per heavy atom. The van der Waals surface area contributed by atoms with Crippen molar-refractivity contribution in [2.24, 2.45) is 0 Å². The Labute approximate surface area is 132 Å². The summed E-state index contributed by atoms with van der Waals surface area (Å²) in [6.45, 7) is 0. The topological polar surface area (TPSA) is 78.4 Å². The van der Waals surface area contributed by atoms with E-state index in [0.717, 1.165) is 19.3 Å². The molecule has 0 spiro atoms. The van der Waals surface area contributed by atoms with Gasteiger partial charge in [0.25, 0.3) is 0 Å². The van der Waals surface area contributed by atoms with Gasteiger partial charge in [-0.2, -0.15) is 11.8 Å². The van der Waals surface area contributed by atoms with E-state index in [-0.39, 0.29) is 17.6 Å². The van der Waals surface area contributed by atoms with Gasteiger partial charge in [-0.3, -0.25) is 0 Å². The zero-order valence-corrected chi connectivity index (χ0v) is 13.1. The lowest BCUT2D eigenvalue weighted by atomic mass is 10.2. The first-order chi connectivity index (χ1) is 9.99. The van der Waals surface area contributed by atoms with Gasteiger partial charge in [-0.1, -0.05) is 11.6 Å². The second kappa shape index (κ2) is 7.04. The lowest BCUT2D eigenvalue weighted by Gasteiger charge is -2.14. The molecule has 1 fully saturated rings. The molecule has 0 aromatic heterocycles. The van der Waals surface area contributed by atoms with Gasteiger partial charge in [-0.05, 0) is 43.7 Å². The van der Waals surface area contributed by atoms with Gasteiger partial charge < -0.3 is 15.7 Å². The molecule has 7 heteroatoms. The summed E-state index contributed by atoms with van der Waals surface area (Å²) < 4.78 is 0. The van der Waals surface area contributed by atoms with Crippen molar-refractivity contribution < 1.29 is 14.7 Å². The van der Waals surface area contributed by atoms with Crippen molar-refractivity contribution >= 4 is 41.1 Å². The standard InChI is InChI=1S/C14H17ClN2O3S/c1-21-10-4-3-9(7-10)16-14(20)17-12-6-8(13(18)19)2-5-11(12)15/h2,5-6,9-10H,3-4,7H2,1H3,(H,18,19)(H2,16,17,20). The van der Waals surface area contributed by atoms with E-state index in [1.807, 2.05) is 11.8 Å². The number of urea groups is 1. The smallest absolute Gasteiger partial charge is 0.335 e. The minimum absolute atomic E-state index is 0.0815. The highest BCUT2D eigenvalue weighted by atomic mass is 35.5. The van der Waals surface area contributed by atoms with Crippen LogP contribution in [0.25, 0.3) is 0 Å². The van der Waals surface area contributed by atoms with Crippen molar-refractivity contribution in [2.45, 2.75) is 30.6 Å². The molecule has 114 valence electrons. The van der Waals surface area contributed by atoms with Crippen LogP contribution in [0, 0.1) is 0 Å². The maximum absolute atomic E-state index is 12.0. The molecular weight excluding hydrogens is 312 g/mol. The zero-order chi connectivity index (χ0) is 15.4. The Kier molecular flexibility index (Phi) is 5.36. The van der Waals surface area contributed by atoms with Crippen LogP contribution < -0.4 is 10.6 Å². The lowest BCUT2D eigenvalue weighted by molar-refractivity contribution is 0.0697. The van der Waals surface area contributed by atoms with E-state index in [9.17, 15) is 9.59 Å². The number of halogens is 1. The summed E-state index contributed by atoms with van der Waals surface area (Å²) in [7, 11) is 0. The zero-order valence-electron chi connectivity index (χ0n) is 11.6. The summed E-state index contributed by atoms with van der Waals surface area (Å²) >= 11 is 7.79. The molecule has 0 bridgehead atoms. The molecule has 2 amide bonds. The molecule has 5 nitrogen and oxygen atoms in total. The minimum atomic E-state index is -1.06. The number of carboxylic acid groups (broad SMARTS) is 1. The average Bonchev–Trinajstić information content (AvgIpc) is 2.88. The van der Waals surface area contributed by atoms with E-state index in [4.69, 9.17) is 16.7 Å². The Balaban J connectivity index is 1.96. The highest BCUT2D eigenvalue weighted by Crippen LogP contribution is 2.28. The second-order valence-corrected chi connectivity index (χ2v) is 6.51. The van der Waals surface area contributed by atoms with Crippen LogP contribution in [-0.4, -0.2) is 34.7 Å². The predicted octanol–water partition coefficient (Wildman–Crippen LogP) is 3.44. The van der Waals surface area contributed by atoms with Gasteiger partial charge in [0.2, 0.25) is 0 Å². The van der Waals surface area contributed by atoms with Gasteiger partial charge in [-0.25, -0.2) is 9.59 Å². The lowest BCUT2D eigenvalue weighted by Crippen LogP contribution is -2.36. The summed E-state index contributed by atoms with van der Waals surface area (Å²) in [6.07, 6.45) is 5.09. The largest absolute Gasteiger partial charge is 0.478 e. The molecule has 0 heterocycles. The molecule has 0 aliphatic heterocycles. The maximum atomic E-state index is 12.0. The van der Waals surface area contributed by atoms with E-state index in [2.05, 4.69) is 16.9 Å². The number of thioether (sulfide) groups is 1. The number of hydrogen-bond acceptors (Lipinski definition) is 3. The Hall–Kier alpha value is -1.40. The van der Waals surface area contributed by atoms with Gasteiger partial charge in [0, 0.05) is 11.3 Å². The number of carboxylic acids is 1. The molecule has 0 saturated heterocycles. The SMILES string of the molecule is CSC1CCC(NC(=O)Nc2cc(C(=O)O)ccc2Cl)C1. The third-order valence-corrected chi connectivity index (χ3v) is 4.94. The van der Waals surface area contributed by atoms with E-state index < -0.39 is 5.97 Å². The molecule has 3 N–H and O–H groups in total. The number of benzene rings is 1. The molecule has 2 unspecified atom stereocenters. The number of aromatic carboxylic acids is 1. The van der Waals surface area contributed by atoms with Crippen LogP contribution in [0.1, 0.15) is 29.6 Å². The Bertz CT molecular complexity index is 553. The molecule has 0 radical (unpaired) electrons. The fourth-order valence-corrected chi connectivity index (χ4v) is 3.34. The second-order valence-electron chi connectivity index (χ2n) is 4.97. The average molecular weight is 329 g/mol. The highest BCUT2D eigenvalue weighted by molar-refractivity contribution is 7.99. The summed E-state index contributed by atoms with van der Waals surface area (Å²) in [6, 6.07) is 4.01. The maximum Gasteiger partial charge on any atom is 0.335 e. The molecule has 1 aliphatic carbocycles. The quantitative estimate of drug-likeness (QED) is 0.791. The van der Waals surface area contributed by atoms with Crippen LogP contribution in [0.5, 0.6) is 0 Å². The first kappa shape index (κ1) is 16.0. The number of anilines is 1. The number of carbonyl (C=O) groups is 2. The van der Waals surface area contributed by atoms with Crippen molar-refractivity contribution in [2.75, 3.05) is 11.6 Å². The monoisotopic (exact) mass is 328 g/mol. The fraction of sp³-hybridized carbons (Fsp3) is 0.429. The normalized spacial score (nSPS) is 21.0. The van der Waals surface area contributed by atoms with Crippen LogP contribution in [0.15, 0.2) is 18.2 Å². The van der Waals surface area contributed by atoms with Crippen molar-refractivity contribution in [1.29, 1.82) is 0 Å². The van der Waals surface area contributed by atoms with Crippen molar-refractivity contribution in [3.05, 3.63) is 28.8 Å². The highest BCUT2D eigenvalue weighted by Gasteiger charge is 2.25. The van der Waals surface area contributed by atoms with Crippen LogP contribution in [0.4, 0.5) is 10.5 Å². The first-order valence-electron chi connectivity index (χ1n) is 6.62. The molecule has 21 heavy (non-hydrogen) atoms. The van der Waals surface area contributed by atoms with Gasteiger partial charge in [0.15, 0.2) is 0 Å². The van der Waals surface area contributed by atoms with Crippen LogP contribution >= 0.6 is 23.4 Å². The van der Waals surface area contributed by atoms with E-state index >= 15 is 0 Å². The summed E-state index contributed by atoms with van der Waals surface area (Å²) in [5.74, 6) is -1.06. The molecule has 1 saturated carbocycles. The van der Waals surface area contributed by atoms with Gasteiger partial charge in [0.1, 0.15) is 0 Å². The summed E-state index contributed by atoms with van der Waals surface area (Å²) in [5, 5.41) is 15.4. The molecule has 1 aliphatic rings. The van der Waals surface area contributed by atoms with Crippen molar-refractivity contribution in [1.82, 2.24) is 5.32 Å². The number of hydrogen-bond donors (Lipinski definition) is 3. The van der Waals surface area contributed by atoms with E-state index in [1.54, 1.807) is 0 Å². The molecule has 2 atom stereocenters. The number of amides is 2. The van der Waals surface area contributed by atoms with E-state index in [1.165, 1.54) is 18.2 Å². The number of nitrogens with one attached hydrogen (secondary N) is 2. The predicted molar refractivity (Wildman–Crippen MR) is 85.5 cm³/mol. The number of rotatable bonds is 4. The van der Waals surface area contributed by atoms with Gasteiger partial charge >= 0.3 is 12.0 Å². The van der Waals surface area contributed by atoms with Gasteiger partial charge in [0.05, 0.1) is 16.3 Å². The van der Waals surface area contributed by atoms with Crippen molar-refractivity contribution in [3.63, 3.8) is 0 Å². The number of carbonyl (C=O) groups excluding carboxylic acids is 1. The summed E-state index contributed by atoms with van der Waals surface area (Å²) in [4.78, 5) is 22.9. The minimum Gasteiger partial charge on any atom is -0.478 e. The summed E-state index contributed by atoms with van der Waals surface area (Å²) in [5.41, 5.74) is 0.381. The molecule has 1 aromatic carbocycles. The van der Waals surface area contributed by atoms with Crippen molar-refractivity contribution in [3.8, 4) is 0 Å². The third kappa shape index (κ3) is 4.28. The molecular formula is C14H17ClN2O3S. The Morgan fingerprint density at radius 2 is 2.14 bits per heavy atom. The fourth-order valence-electron chi connectivity index (χ4n) is 2.38. The first-order valence-corrected chi connectivity index (χ1v) is 8.29. The van der Waals surface area contributed by atoms with Crippen LogP contribution in [0.2, 0.25) is 5.02 Å². The van der Waals surface area contributed by atoms with Gasteiger partial charge in [-0.15, -0.1) is 0 Å². The molecule has 1 aromatic rings. The van der Waals surface area contributed by atoms with Crippen LogP contribution in [-0.2, 0) is 0 Å². The molecule has 2 rings (SSSR count).